The van der Waals surface area contributed by atoms with Crippen molar-refractivity contribution in [1.29, 1.82) is 0 Å². The number of nitrogens with zero attached hydrogens (tertiary/aromatic N) is 4. The Hall–Kier alpha value is -3.10. The summed E-state index contributed by atoms with van der Waals surface area (Å²) in [5.74, 6) is -1.91. The molecule has 2 aromatic heterocycles. The molecule has 1 saturated heterocycles. The molecule has 0 aromatic carbocycles. The number of anilines is 1. The Bertz CT molecular complexity index is 1210. The molecule has 0 bridgehead atoms. The highest BCUT2D eigenvalue weighted by Gasteiger charge is 2.54. The molecule has 2 atom stereocenters. The molecular weight excluding hydrogens is 500 g/mol. The number of carbonyl (C=O) groups excluding carboxylic acids is 2. The molecular formula is C20H21N6O5S3+. The van der Waals surface area contributed by atoms with Crippen LogP contribution in [0.3, 0.4) is 0 Å². The summed E-state index contributed by atoms with van der Waals surface area (Å²) in [6, 6.07) is 4.33. The molecule has 2 aliphatic heterocycles. The first-order valence-electron chi connectivity index (χ1n) is 9.93. The molecule has 11 nitrogen and oxygen atoms in total. The lowest BCUT2D eigenvalue weighted by atomic mass is 9.94. The summed E-state index contributed by atoms with van der Waals surface area (Å²) in [4.78, 5) is 48.6. The number of carbonyl (C=O) groups is 3. The first kappa shape index (κ1) is 24.0. The molecule has 14 heteroatoms. The number of nitrogens with two attached hydrogens (primary N) is 1. The van der Waals surface area contributed by atoms with Crippen molar-refractivity contribution in [3.63, 3.8) is 0 Å². The van der Waals surface area contributed by atoms with Crippen molar-refractivity contribution in [2.45, 2.75) is 23.7 Å². The number of nitrogens with one attached hydrogen (secondary N) is 1. The van der Waals surface area contributed by atoms with Crippen molar-refractivity contribution in [2.24, 2.45) is 5.16 Å². The second kappa shape index (κ2) is 10.0. The van der Waals surface area contributed by atoms with E-state index in [2.05, 4.69) is 15.5 Å². The van der Waals surface area contributed by atoms with Crippen molar-refractivity contribution in [3.05, 3.63) is 46.1 Å². The Kier molecular flexibility index (Phi) is 7.09. The standard InChI is InChI=1S/C20H20N6O5S3/c1-31-24-14(10-8-34-20(21)22-10)17(27)23-15-11-9-33-12(16(19(29)30)26(11)18(15)28)7-25-6-4-3-5-13(25)32-2/h3-6,8,11,15H,7,9H2,1-2H3,(H3-,21,22,23,27,29,30)/p+1. The molecule has 4 N–H and O–H groups in total. The minimum Gasteiger partial charge on any atom is -0.477 e. The van der Waals surface area contributed by atoms with E-state index in [0.29, 0.717) is 17.2 Å². The van der Waals surface area contributed by atoms with Gasteiger partial charge in [0.2, 0.25) is 5.03 Å². The molecule has 2 unspecified atom stereocenters. The third-order valence-corrected chi connectivity index (χ3v) is 7.87. The van der Waals surface area contributed by atoms with Crippen LogP contribution in [0.2, 0.25) is 0 Å². The number of amides is 2. The summed E-state index contributed by atoms with van der Waals surface area (Å²) in [6.07, 6.45) is 3.81. The molecule has 0 aliphatic carbocycles. The minimum atomic E-state index is -1.19. The molecule has 0 spiro atoms. The number of allylic oxidation sites excluding steroid dienone is 1. The highest BCUT2D eigenvalue weighted by Crippen LogP contribution is 2.39. The number of aliphatic carboxylic acids is 1. The number of hydrogen-bond donors (Lipinski definition) is 3. The van der Waals surface area contributed by atoms with Crippen molar-refractivity contribution < 1.29 is 28.9 Å². The van der Waals surface area contributed by atoms with Gasteiger partial charge < -0.3 is 21.0 Å². The van der Waals surface area contributed by atoms with Gasteiger partial charge in [0.05, 0.1) is 10.9 Å². The van der Waals surface area contributed by atoms with E-state index in [1.54, 1.807) is 17.1 Å². The van der Waals surface area contributed by atoms with Crippen molar-refractivity contribution >= 4 is 63.5 Å². The van der Waals surface area contributed by atoms with Crippen LogP contribution in [0.5, 0.6) is 0 Å². The molecule has 2 amide bonds. The van der Waals surface area contributed by atoms with Crippen LogP contribution in [0.15, 0.2) is 50.6 Å². The molecule has 34 heavy (non-hydrogen) atoms. The summed E-state index contributed by atoms with van der Waals surface area (Å²) >= 11 is 4.05. The van der Waals surface area contributed by atoms with Gasteiger partial charge in [0.25, 0.3) is 11.8 Å². The number of oxime groups is 1. The summed E-state index contributed by atoms with van der Waals surface area (Å²) in [5.41, 5.74) is 5.69. The fourth-order valence-corrected chi connectivity index (χ4v) is 6.10. The largest absolute Gasteiger partial charge is 0.477 e. The third-order valence-electron chi connectivity index (χ3n) is 5.23. The second-order valence-corrected chi connectivity index (χ2v) is 10.0. The number of pyridine rings is 1. The Morgan fingerprint density at radius 1 is 1.47 bits per heavy atom. The average molecular weight is 522 g/mol. The number of hydrogen-bond acceptors (Lipinski definition) is 10. The molecule has 1 fully saturated rings. The number of carboxylic acids is 1. The highest BCUT2D eigenvalue weighted by molar-refractivity contribution is 8.03. The normalized spacial score (nSPS) is 20.0. The summed E-state index contributed by atoms with van der Waals surface area (Å²) in [7, 11) is 1.29. The lowest BCUT2D eigenvalue weighted by Crippen LogP contribution is -2.73. The first-order chi connectivity index (χ1) is 16.3. The van der Waals surface area contributed by atoms with Gasteiger partial charge in [-0.05, 0) is 12.3 Å². The van der Waals surface area contributed by atoms with E-state index in [9.17, 15) is 19.5 Å². The smallest absolute Gasteiger partial charge is 0.353 e. The minimum absolute atomic E-state index is 0.0572. The van der Waals surface area contributed by atoms with E-state index >= 15 is 0 Å². The van der Waals surface area contributed by atoms with Gasteiger partial charge in [0.1, 0.15) is 24.5 Å². The molecule has 0 radical (unpaired) electrons. The van der Waals surface area contributed by atoms with Gasteiger partial charge in [-0.15, -0.1) is 23.1 Å². The molecule has 2 aliphatic rings. The van der Waals surface area contributed by atoms with E-state index in [1.165, 1.54) is 23.8 Å². The van der Waals surface area contributed by atoms with E-state index in [0.717, 1.165) is 16.4 Å². The Labute approximate surface area is 207 Å². The van der Waals surface area contributed by atoms with Gasteiger partial charge >= 0.3 is 5.97 Å². The number of carboxylic acid groups (broad SMARTS) is 1. The zero-order valence-electron chi connectivity index (χ0n) is 18.1. The highest BCUT2D eigenvalue weighted by atomic mass is 32.2. The van der Waals surface area contributed by atoms with Gasteiger partial charge in [-0.2, -0.15) is 4.57 Å². The Balaban J connectivity index is 1.55. The Morgan fingerprint density at radius 2 is 2.26 bits per heavy atom. The van der Waals surface area contributed by atoms with Crippen LogP contribution >= 0.6 is 34.9 Å². The first-order valence-corrected chi connectivity index (χ1v) is 13.0. The predicted octanol–water partition coefficient (Wildman–Crippen LogP) is 0.524. The van der Waals surface area contributed by atoms with E-state index in [4.69, 9.17) is 10.6 Å². The SMILES string of the molecule is CON=C(C(=O)NC1C(=O)N2C(C(=O)O)=C(C[n+]3ccccc3SC)SCC12)c1csc(N)n1. The van der Waals surface area contributed by atoms with Gasteiger partial charge in [-0.25, -0.2) is 9.78 Å². The molecule has 178 valence electrons. The number of aromatic nitrogens is 2. The number of fused-ring (bicyclic) bond motifs is 1. The fourth-order valence-electron chi connectivity index (χ4n) is 3.71. The van der Waals surface area contributed by atoms with Crippen LogP contribution in [-0.2, 0) is 25.8 Å². The van der Waals surface area contributed by atoms with Crippen LogP contribution < -0.4 is 15.6 Å². The maximum Gasteiger partial charge on any atom is 0.353 e. The van der Waals surface area contributed by atoms with Gasteiger partial charge in [-0.3, -0.25) is 14.5 Å². The van der Waals surface area contributed by atoms with E-state index in [1.807, 2.05) is 35.2 Å². The summed E-state index contributed by atoms with van der Waals surface area (Å²) in [5, 5.41) is 19.1. The zero-order valence-corrected chi connectivity index (χ0v) is 20.6. The monoisotopic (exact) mass is 521 g/mol. The van der Waals surface area contributed by atoms with E-state index < -0.39 is 29.9 Å². The maximum absolute atomic E-state index is 13.0. The number of rotatable bonds is 8. The van der Waals surface area contributed by atoms with Crippen LogP contribution in [0, 0.1) is 0 Å². The predicted molar refractivity (Wildman–Crippen MR) is 128 cm³/mol. The fraction of sp³-hybridized carbons (Fsp3) is 0.300. The lowest BCUT2D eigenvalue weighted by molar-refractivity contribution is -0.724. The van der Waals surface area contributed by atoms with Crippen LogP contribution in [0.4, 0.5) is 5.13 Å². The topological polar surface area (TPSA) is 151 Å². The zero-order chi connectivity index (χ0) is 24.4. The van der Waals surface area contributed by atoms with Gasteiger partial charge in [0, 0.05) is 23.3 Å². The van der Waals surface area contributed by atoms with E-state index in [-0.39, 0.29) is 22.2 Å². The average Bonchev–Trinajstić information content (AvgIpc) is 3.26. The van der Waals surface area contributed by atoms with Crippen LogP contribution in [0.1, 0.15) is 5.69 Å². The number of β-lactam (4-membered cyclic amide) rings is 1. The number of nitrogen functional groups attached to an aromatic ring is 1. The lowest BCUT2D eigenvalue weighted by Gasteiger charge is -2.49. The summed E-state index contributed by atoms with van der Waals surface area (Å²) < 4.78 is 1.94. The van der Waals surface area contributed by atoms with Crippen LogP contribution in [-0.4, -0.2) is 69.7 Å². The quantitative estimate of drug-likeness (QED) is 0.148. The third kappa shape index (κ3) is 4.48. The van der Waals surface area contributed by atoms with Gasteiger partial charge in [0.15, 0.2) is 23.6 Å². The van der Waals surface area contributed by atoms with Crippen LogP contribution in [0.25, 0.3) is 0 Å². The maximum atomic E-state index is 13.0. The number of thiazole rings is 1. The molecule has 0 saturated carbocycles. The van der Waals surface area contributed by atoms with Crippen molar-refractivity contribution in [2.75, 3.05) is 24.9 Å². The van der Waals surface area contributed by atoms with Gasteiger partial charge in [-0.1, -0.05) is 16.9 Å². The molecule has 4 rings (SSSR count). The number of thioether (sulfide) groups is 2. The van der Waals surface area contributed by atoms with Crippen molar-refractivity contribution in [3.8, 4) is 0 Å². The molecule has 4 heterocycles. The van der Waals surface area contributed by atoms with Crippen molar-refractivity contribution in [1.82, 2.24) is 15.2 Å². The second-order valence-electron chi connectivity index (χ2n) is 7.18. The molecule has 2 aromatic rings. The Morgan fingerprint density at radius 3 is 2.91 bits per heavy atom. The summed E-state index contributed by atoms with van der Waals surface area (Å²) in [6.45, 7) is 0.326.